The molecule has 1 aromatic carbocycles. The molecule has 0 spiro atoms. The van der Waals surface area contributed by atoms with Gasteiger partial charge in [-0.25, -0.2) is 0 Å². The number of rotatable bonds is 3. The van der Waals surface area contributed by atoms with Gasteiger partial charge < -0.3 is 10.2 Å². The lowest BCUT2D eigenvalue weighted by Gasteiger charge is -2.12. The summed E-state index contributed by atoms with van der Waals surface area (Å²) in [4.78, 5) is 10.9. The fraction of sp³-hybridized carbons (Fsp3) is 0.364. The summed E-state index contributed by atoms with van der Waals surface area (Å²) in [5.41, 5.74) is 1.27. The van der Waals surface area contributed by atoms with Gasteiger partial charge in [0.1, 0.15) is 5.75 Å². The van der Waals surface area contributed by atoms with Crippen LogP contribution < -0.4 is 0 Å². The number of hydrogen-bond donors (Lipinski definition) is 2. The highest BCUT2D eigenvalue weighted by molar-refractivity contribution is 6.32. The number of aryl methyl sites for hydroxylation is 1. The molecule has 0 amide bonds. The summed E-state index contributed by atoms with van der Waals surface area (Å²) in [7, 11) is 0. The van der Waals surface area contributed by atoms with Crippen LogP contribution in [0.4, 0.5) is 0 Å². The van der Waals surface area contributed by atoms with Crippen molar-refractivity contribution in [2.75, 3.05) is 0 Å². The van der Waals surface area contributed by atoms with Crippen LogP contribution in [0, 0.1) is 6.92 Å². The Bertz CT molecular complexity index is 364. The van der Waals surface area contributed by atoms with Crippen LogP contribution in [-0.4, -0.2) is 16.2 Å². The van der Waals surface area contributed by atoms with E-state index in [1.807, 2.05) is 0 Å². The number of aromatic hydroxyl groups is 1. The van der Waals surface area contributed by atoms with E-state index in [9.17, 15) is 9.90 Å². The third-order valence-corrected chi connectivity index (χ3v) is 2.86. The van der Waals surface area contributed by atoms with Gasteiger partial charge in [0, 0.05) is 0 Å². The van der Waals surface area contributed by atoms with Gasteiger partial charge in [-0.2, -0.15) is 0 Å². The zero-order chi connectivity index (χ0) is 11.6. The van der Waals surface area contributed by atoms with E-state index in [2.05, 4.69) is 0 Å². The first-order valence-corrected chi connectivity index (χ1v) is 5.07. The van der Waals surface area contributed by atoms with E-state index in [-0.39, 0.29) is 10.8 Å². The molecule has 0 radical (unpaired) electrons. The largest absolute Gasteiger partial charge is 0.506 e. The summed E-state index contributed by atoms with van der Waals surface area (Å²) < 4.78 is 0. The van der Waals surface area contributed by atoms with Crippen LogP contribution in [-0.2, 0) is 4.79 Å². The van der Waals surface area contributed by atoms with Gasteiger partial charge in [-0.05, 0) is 30.5 Å². The third kappa shape index (κ3) is 2.42. The molecule has 2 N–H and O–H groups in total. The Morgan fingerprint density at radius 3 is 2.53 bits per heavy atom. The number of halogens is 1. The van der Waals surface area contributed by atoms with Crippen molar-refractivity contribution in [3.63, 3.8) is 0 Å². The number of aliphatic carboxylic acids is 1. The lowest BCUT2D eigenvalue weighted by molar-refractivity contribution is -0.138. The van der Waals surface area contributed by atoms with Crippen molar-refractivity contribution < 1.29 is 15.0 Å². The van der Waals surface area contributed by atoms with Gasteiger partial charge in [0.15, 0.2) is 0 Å². The molecule has 0 saturated carbocycles. The summed E-state index contributed by atoms with van der Waals surface area (Å²) in [6, 6.07) is 3.11. The van der Waals surface area contributed by atoms with E-state index in [1.54, 1.807) is 19.9 Å². The van der Waals surface area contributed by atoms with Crippen molar-refractivity contribution in [2.24, 2.45) is 0 Å². The number of carboxylic acids is 1. The molecular formula is C11H13ClO3. The van der Waals surface area contributed by atoms with E-state index in [1.165, 1.54) is 6.07 Å². The fourth-order valence-electron chi connectivity index (χ4n) is 1.53. The lowest BCUT2D eigenvalue weighted by atomic mass is 9.95. The van der Waals surface area contributed by atoms with E-state index in [4.69, 9.17) is 16.7 Å². The van der Waals surface area contributed by atoms with Crippen LogP contribution in [0.3, 0.4) is 0 Å². The maximum absolute atomic E-state index is 10.9. The van der Waals surface area contributed by atoms with E-state index < -0.39 is 11.9 Å². The molecule has 0 bridgehead atoms. The standard InChI is InChI=1S/C11H13ClO3/c1-3-8(11(14)15)7-4-6(2)10(12)9(13)5-7/h4-5,8,13H,3H2,1-2H3,(H,14,15). The van der Waals surface area contributed by atoms with Crippen LogP contribution in [0.5, 0.6) is 5.75 Å². The molecule has 82 valence electrons. The average molecular weight is 229 g/mol. The van der Waals surface area contributed by atoms with Crippen LogP contribution in [0.2, 0.25) is 5.02 Å². The van der Waals surface area contributed by atoms with Crippen LogP contribution in [0.1, 0.15) is 30.4 Å². The van der Waals surface area contributed by atoms with Gasteiger partial charge in [0.2, 0.25) is 0 Å². The minimum absolute atomic E-state index is 0.0635. The van der Waals surface area contributed by atoms with E-state index >= 15 is 0 Å². The molecule has 4 heteroatoms. The highest BCUT2D eigenvalue weighted by Gasteiger charge is 2.19. The molecular weight excluding hydrogens is 216 g/mol. The van der Waals surface area contributed by atoms with E-state index in [0.717, 1.165) is 0 Å². The molecule has 3 nitrogen and oxygen atoms in total. The molecule has 1 aromatic rings. The minimum Gasteiger partial charge on any atom is -0.506 e. The molecule has 1 rings (SSSR count). The highest BCUT2D eigenvalue weighted by Crippen LogP contribution is 2.32. The van der Waals surface area contributed by atoms with Crippen molar-refractivity contribution in [1.29, 1.82) is 0 Å². The minimum atomic E-state index is -0.890. The average Bonchev–Trinajstić information content (AvgIpc) is 2.14. The number of carboxylic acid groups (broad SMARTS) is 1. The SMILES string of the molecule is CCC(C(=O)O)c1cc(C)c(Cl)c(O)c1. The molecule has 0 fully saturated rings. The Balaban J connectivity index is 3.20. The second kappa shape index (κ2) is 4.53. The summed E-state index contributed by atoms with van der Waals surface area (Å²) >= 11 is 5.78. The predicted molar refractivity (Wildman–Crippen MR) is 58.5 cm³/mol. The number of phenols is 1. The van der Waals surface area contributed by atoms with Crippen LogP contribution in [0.15, 0.2) is 12.1 Å². The molecule has 0 saturated heterocycles. The Kier molecular flexibility index (Phi) is 3.58. The molecule has 0 aliphatic heterocycles. The first-order chi connectivity index (χ1) is 6.97. The number of phenolic OH excluding ortho intramolecular Hbond substituents is 1. The first-order valence-electron chi connectivity index (χ1n) is 4.69. The molecule has 0 aliphatic carbocycles. The van der Waals surface area contributed by atoms with E-state index in [0.29, 0.717) is 17.5 Å². The molecule has 1 atom stereocenters. The first kappa shape index (κ1) is 11.9. The van der Waals surface area contributed by atoms with Gasteiger partial charge in [0.25, 0.3) is 0 Å². The van der Waals surface area contributed by atoms with Crippen molar-refractivity contribution in [3.05, 3.63) is 28.3 Å². The smallest absolute Gasteiger partial charge is 0.310 e. The molecule has 1 unspecified atom stereocenters. The lowest BCUT2D eigenvalue weighted by Crippen LogP contribution is -2.10. The van der Waals surface area contributed by atoms with Gasteiger partial charge in [0.05, 0.1) is 10.9 Å². The summed E-state index contributed by atoms with van der Waals surface area (Å²) in [6.45, 7) is 3.53. The van der Waals surface area contributed by atoms with Gasteiger partial charge in [-0.1, -0.05) is 24.6 Å². The zero-order valence-corrected chi connectivity index (χ0v) is 9.38. The monoisotopic (exact) mass is 228 g/mol. The summed E-state index contributed by atoms with van der Waals surface area (Å²) in [6.07, 6.45) is 0.482. The molecule has 0 aromatic heterocycles. The van der Waals surface area contributed by atoms with Crippen molar-refractivity contribution >= 4 is 17.6 Å². The molecule has 15 heavy (non-hydrogen) atoms. The maximum Gasteiger partial charge on any atom is 0.310 e. The van der Waals surface area contributed by atoms with Gasteiger partial charge >= 0.3 is 5.97 Å². The maximum atomic E-state index is 10.9. The topological polar surface area (TPSA) is 57.5 Å². The fourth-order valence-corrected chi connectivity index (χ4v) is 1.64. The molecule has 0 aliphatic rings. The molecule has 0 heterocycles. The number of benzene rings is 1. The van der Waals surface area contributed by atoms with Crippen LogP contribution >= 0.6 is 11.6 Å². The normalized spacial score (nSPS) is 12.5. The van der Waals surface area contributed by atoms with Crippen molar-refractivity contribution in [3.8, 4) is 5.75 Å². The van der Waals surface area contributed by atoms with Crippen molar-refractivity contribution in [2.45, 2.75) is 26.2 Å². The van der Waals surface area contributed by atoms with Crippen molar-refractivity contribution in [1.82, 2.24) is 0 Å². The Morgan fingerprint density at radius 2 is 2.13 bits per heavy atom. The second-order valence-corrected chi connectivity index (χ2v) is 3.85. The van der Waals surface area contributed by atoms with Crippen LogP contribution in [0.25, 0.3) is 0 Å². The Labute approximate surface area is 93.3 Å². The summed E-state index contributed by atoms with van der Waals surface area (Å²) in [5.74, 6) is -1.54. The van der Waals surface area contributed by atoms with Gasteiger partial charge in [-0.15, -0.1) is 0 Å². The summed E-state index contributed by atoms with van der Waals surface area (Å²) in [5, 5.41) is 18.7. The number of carbonyl (C=O) groups is 1. The third-order valence-electron chi connectivity index (χ3n) is 2.37. The zero-order valence-electron chi connectivity index (χ0n) is 8.62. The Morgan fingerprint density at radius 1 is 1.53 bits per heavy atom. The quantitative estimate of drug-likeness (QED) is 0.836. The second-order valence-electron chi connectivity index (χ2n) is 3.47. The van der Waals surface area contributed by atoms with Gasteiger partial charge in [-0.3, -0.25) is 4.79 Å². The predicted octanol–water partition coefficient (Wildman–Crippen LogP) is 2.93. The highest BCUT2D eigenvalue weighted by atomic mass is 35.5. The Hall–Kier alpha value is -1.22. The number of hydrogen-bond acceptors (Lipinski definition) is 2.